The molecule has 2 N–H and O–H groups in total. The van der Waals surface area contributed by atoms with Gasteiger partial charge in [-0.2, -0.15) is 0 Å². The fraction of sp³-hybridized carbons (Fsp3) is 0.333. The van der Waals surface area contributed by atoms with E-state index < -0.39 is 0 Å². The molecular weight excluding hydrogens is 310 g/mol. The van der Waals surface area contributed by atoms with Gasteiger partial charge in [0.15, 0.2) is 0 Å². The molecule has 2 aromatic rings. The Morgan fingerprint density at radius 3 is 2.74 bits per heavy atom. The molecule has 0 spiro atoms. The third-order valence-electron chi connectivity index (χ3n) is 4.34. The smallest absolute Gasteiger partial charge is 0.225 e. The average molecular weight is 330 g/mol. The highest BCUT2D eigenvalue weighted by Gasteiger charge is 2.35. The van der Waals surface area contributed by atoms with Crippen LogP contribution in [0.2, 0.25) is 5.02 Å². The fourth-order valence-corrected chi connectivity index (χ4v) is 3.13. The number of aromatic nitrogens is 1. The molecule has 0 saturated carbocycles. The maximum atomic E-state index is 12.7. The predicted molar refractivity (Wildman–Crippen MR) is 91.3 cm³/mol. The van der Waals surface area contributed by atoms with Gasteiger partial charge in [-0.25, -0.2) is 0 Å². The lowest BCUT2D eigenvalue weighted by Gasteiger charge is -2.21. The second kappa shape index (κ2) is 7.11. The molecule has 1 aromatic heterocycles. The van der Waals surface area contributed by atoms with Crippen LogP contribution in [0.3, 0.4) is 0 Å². The van der Waals surface area contributed by atoms with Crippen molar-refractivity contribution in [3.8, 4) is 0 Å². The quantitative estimate of drug-likeness (QED) is 0.907. The molecule has 1 amide bonds. The summed E-state index contributed by atoms with van der Waals surface area (Å²) < 4.78 is 0. The fourth-order valence-electron chi connectivity index (χ4n) is 3.02. The van der Waals surface area contributed by atoms with Crippen LogP contribution in [0, 0.1) is 5.92 Å². The van der Waals surface area contributed by atoms with Gasteiger partial charge in [0.05, 0.1) is 17.0 Å². The van der Waals surface area contributed by atoms with Gasteiger partial charge in [0.2, 0.25) is 5.91 Å². The van der Waals surface area contributed by atoms with Gasteiger partial charge in [-0.1, -0.05) is 41.9 Å². The number of hydrogen-bond acceptors (Lipinski definition) is 3. The Labute approximate surface area is 141 Å². The molecular formula is C18H20ClN3O. The molecule has 0 bridgehead atoms. The summed E-state index contributed by atoms with van der Waals surface area (Å²) in [7, 11) is 0. The monoisotopic (exact) mass is 329 g/mol. The van der Waals surface area contributed by atoms with Gasteiger partial charge in [0.25, 0.3) is 0 Å². The molecule has 120 valence electrons. The molecule has 1 saturated heterocycles. The minimum absolute atomic E-state index is 0.0110. The summed E-state index contributed by atoms with van der Waals surface area (Å²) in [5.41, 5.74) is 2.01. The van der Waals surface area contributed by atoms with Crippen molar-refractivity contribution >= 4 is 17.5 Å². The van der Waals surface area contributed by atoms with E-state index in [1.807, 2.05) is 49.4 Å². The molecule has 0 radical (unpaired) electrons. The number of hydrogen-bond donors (Lipinski definition) is 2. The molecule has 1 fully saturated rings. The number of benzene rings is 1. The van der Waals surface area contributed by atoms with E-state index in [0.717, 1.165) is 17.8 Å². The number of pyridine rings is 1. The maximum absolute atomic E-state index is 12.7. The number of carbonyl (C=O) groups is 1. The van der Waals surface area contributed by atoms with Crippen LogP contribution >= 0.6 is 11.6 Å². The van der Waals surface area contributed by atoms with E-state index in [0.29, 0.717) is 11.6 Å². The van der Waals surface area contributed by atoms with E-state index in [2.05, 4.69) is 15.6 Å². The van der Waals surface area contributed by atoms with Crippen LogP contribution < -0.4 is 10.6 Å². The first kappa shape index (κ1) is 16.0. The lowest BCUT2D eigenvalue weighted by molar-refractivity contribution is -0.125. The van der Waals surface area contributed by atoms with Crippen molar-refractivity contribution in [3.05, 3.63) is 64.9 Å². The van der Waals surface area contributed by atoms with Gasteiger partial charge in [-0.3, -0.25) is 9.78 Å². The predicted octanol–water partition coefficient (Wildman–Crippen LogP) is 2.92. The molecule has 1 aromatic carbocycles. The van der Waals surface area contributed by atoms with Crippen molar-refractivity contribution in [2.24, 2.45) is 5.92 Å². The summed E-state index contributed by atoms with van der Waals surface area (Å²) in [4.78, 5) is 17.1. The summed E-state index contributed by atoms with van der Waals surface area (Å²) in [6.07, 6.45) is 1.64. The summed E-state index contributed by atoms with van der Waals surface area (Å²) in [5.74, 6) is 0.0261. The van der Waals surface area contributed by atoms with Gasteiger partial charge in [0, 0.05) is 30.9 Å². The lowest BCUT2D eigenvalue weighted by Crippen LogP contribution is -2.36. The molecule has 5 heteroatoms. The first-order chi connectivity index (χ1) is 11.1. The third kappa shape index (κ3) is 3.71. The third-order valence-corrected chi connectivity index (χ3v) is 4.56. The van der Waals surface area contributed by atoms with Gasteiger partial charge < -0.3 is 10.6 Å². The van der Waals surface area contributed by atoms with E-state index in [1.54, 1.807) is 6.20 Å². The highest BCUT2D eigenvalue weighted by atomic mass is 35.5. The second-order valence-corrected chi connectivity index (χ2v) is 6.35. The van der Waals surface area contributed by atoms with Crippen molar-refractivity contribution in [1.82, 2.24) is 15.6 Å². The Morgan fingerprint density at radius 1 is 1.26 bits per heavy atom. The van der Waals surface area contributed by atoms with E-state index in [-0.39, 0.29) is 23.8 Å². The van der Waals surface area contributed by atoms with E-state index in [4.69, 9.17) is 11.6 Å². The van der Waals surface area contributed by atoms with Crippen LogP contribution in [-0.2, 0) is 4.79 Å². The zero-order chi connectivity index (χ0) is 16.2. The number of carbonyl (C=O) groups excluding carboxylic acids is 1. The summed E-state index contributed by atoms with van der Waals surface area (Å²) in [5, 5.41) is 7.02. The van der Waals surface area contributed by atoms with Crippen LogP contribution in [-0.4, -0.2) is 24.0 Å². The molecule has 4 nitrogen and oxygen atoms in total. The standard InChI is InChI=1S/C18H20ClN3O/c1-12(13-5-3-2-4-6-13)22-18(23)16-11-20-10-15(16)17-8-7-14(19)9-21-17/h2-9,12,15-16,20H,10-11H2,1H3,(H,22,23). The van der Waals surface area contributed by atoms with Crippen LogP contribution in [0.25, 0.3) is 0 Å². The zero-order valence-electron chi connectivity index (χ0n) is 13.0. The van der Waals surface area contributed by atoms with Gasteiger partial charge in [-0.15, -0.1) is 0 Å². The number of nitrogens with zero attached hydrogens (tertiary/aromatic N) is 1. The van der Waals surface area contributed by atoms with E-state index >= 15 is 0 Å². The summed E-state index contributed by atoms with van der Waals surface area (Å²) in [6, 6.07) is 13.7. The van der Waals surface area contributed by atoms with Crippen molar-refractivity contribution < 1.29 is 4.79 Å². The second-order valence-electron chi connectivity index (χ2n) is 5.91. The first-order valence-electron chi connectivity index (χ1n) is 7.82. The molecule has 3 unspecified atom stereocenters. The molecule has 23 heavy (non-hydrogen) atoms. The minimum Gasteiger partial charge on any atom is -0.349 e. The van der Waals surface area contributed by atoms with Crippen molar-refractivity contribution in [2.45, 2.75) is 18.9 Å². The first-order valence-corrected chi connectivity index (χ1v) is 8.20. The Bertz CT molecular complexity index is 660. The highest BCUT2D eigenvalue weighted by Crippen LogP contribution is 2.28. The topological polar surface area (TPSA) is 54.0 Å². The number of amides is 1. The normalized spacial score (nSPS) is 21.8. The highest BCUT2D eigenvalue weighted by molar-refractivity contribution is 6.30. The molecule has 3 rings (SSSR count). The SMILES string of the molecule is CC(NC(=O)C1CNCC1c1ccc(Cl)cn1)c1ccccc1. The number of rotatable bonds is 4. The van der Waals surface area contributed by atoms with Crippen LogP contribution in [0.15, 0.2) is 48.7 Å². The van der Waals surface area contributed by atoms with Crippen molar-refractivity contribution in [2.75, 3.05) is 13.1 Å². The molecule has 1 aliphatic heterocycles. The van der Waals surface area contributed by atoms with Crippen molar-refractivity contribution in [3.63, 3.8) is 0 Å². The zero-order valence-corrected chi connectivity index (χ0v) is 13.8. The van der Waals surface area contributed by atoms with Crippen LogP contribution in [0.4, 0.5) is 0 Å². The molecule has 1 aliphatic rings. The van der Waals surface area contributed by atoms with Crippen molar-refractivity contribution in [1.29, 1.82) is 0 Å². The Kier molecular flexibility index (Phi) is 4.94. The maximum Gasteiger partial charge on any atom is 0.225 e. The van der Waals surface area contributed by atoms with Gasteiger partial charge in [-0.05, 0) is 24.6 Å². The lowest BCUT2D eigenvalue weighted by atomic mass is 9.91. The summed E-state index contributed by atoms with van der Waals surface area (Å²) in [6.45, 7) is 3.43. The van der Waals surface area contributed by atoms with Gasteiger partial charge >= 0.3 is 0 Å². The van der Waals surface area contributed by atoms with E-state index in [1.165, 1.54) is 0 Å². The molecule has 3 atom stereocenters. The Hall–Kier alpha value is -1.91. The Morgan fingerprint density at radius 2 is 2.04 bits per heavy atom. The minimum atomic E-state index is -0.116. The van der Waals surface area contributed by atoms with E-state index in [9.17, 15) is 4.79 Å². The molecule has 2 heterocycles. The van der Waals surface area contributed by atoms with Crippen LogP contribution in [0.5, 0.6) is 0 Å². The Balaban J connectivity index is 1.69. The van der Waals surface area contributed by atoms with Crippen LogP contribution in [0.1, 0.15) is 30.1 Å². The average Bonchev–Trinajstić information content (AvgIpc) is 3.06. The largest absolute Gasteiger partial charge is 0.349 e. The number of halogens is 1. The number of nitrogens with one attached hydrogen (secondary N) is 2. The molecule has 0 aliphatic carbocycles. The summed E-state index contributed by atoms with van der Waals surface area (Å²) >= 11 is 5.90. The van der Waals surface area contributed by atoms with Gasteiger partial charge in [0.1, 0.15) is 0 Å².